The summed E-state index contributed by atoms with van der Waals surface area (Å²) in [6.45, 7) is 4.72. The molecule has 0 spiro atoms. The molecule has 5 heteroatoms. The van der Waals surface area contributed by atoms with Crippen molar-refractivity contribution in [2.75, 3.05) is 0 Å². The molecule has 4 fully saturated rings. The minimum absolute atomic E-state index is 0.0554. The number of rotatable bonds is 3. The van der Waals surface area contributed by atoms with Crippen LogP contribution in [0.2, 0.25) is 0 Å². The van der Waals surface area contributed by atoms with Gasteiger partial charge in [-0.15, -0.1) is 0 Å². The second-order valence-corrected chi connectivity index (χ2v) is 10.2. The van der Waals surface area contributed by atoms with Gasteiger partial charge in [-0.05, 0) is 73.5 Å². The largest absolute Gasteiger partial charge is 0.507 e. The molecule has 5 rings (SSSR count). The molecule has 0 unspecified atom stereocenters. The lowest BCUT2D eigenvalue weighted by Crippen LogP contribution is -2.59. The highest BCUT2D eigenvalue weighted by atomic mass is 79.9. The van der Waals surface area contributed by atoms with Gasteiger partial charge in [0, 0.05) is 10.0 Å². The lowest BCUT2D eigenvalue weighted by molar-refractivity contribution is -0.170. The van der Waals surface area contributed by atoms with E-state index in [1.807, 2.05) is 0 Å². The predicted octanol–water partition coefficient (Wildman–Crippen LogP) is 4.60. The lowest BCUT2D eigenvalue weighted by Gasteiger charge is -2.64. The monoisotopic (exact) mass is 404 g/mol. The minimum Gasteiger partial charge on any atom is -0.507 e. The van der Waals surface area contributed by atoms with Gasteiger partial charge in [0.25, 0.3) is 0 Å². The topological polar surface area (TPSA) is 61.7 Å². The van der Waals surface area contributed by atoms with Crippen molar-refractivity contribution in [2.45, 2.75) is 52.4 Å². The number of halogens is 1. The molecule has 0 radical (unpaired) electrons. The van der Waals surface area contributed by atoms with Crippen molar-refractivity contribution in [3.8, 4) is 5.75 Å². The molecule has 4 bridgehead atoms. The number of hydrogen-bond acceptors (Lipinski definition) is 3. The molecular weight excluding hydrogens is 380 g/mol. The predicted molar refractivity (Wildman–Crippen MR) is 101 cm³/mol. The van der Waals surface area contributed by atoms with Gasteiger partial charge in [0.15, 0.2) is 0 Å². The van der Waals surface area contributed by atoms with Gasteiger partial charge in [-0.1, -0.05) is 29.8 Å². The van der Waals surface area contributed by atoms with Crippen LogP contribution in [0, 0.1) is 22.2 Å². The van der Waals surface area contributed by atoms with Crippen molar-refractivity contribution in [1.29, 1.82) is 0 Å². The number of nitrogens with one attached hydrogen (secondary N) is 1. The van der Waals surface area contributed by atoms with E-state index >= 15 is 0 Å². The van der Waals surface area contributed by atoms with E-state index in [9.17, 15) is 9.90 Å². The molecule has 1 amide bonds. The Bertz CT molecular complexity index is 742. The minimum atomic E-state index is -0.264. The molecule has 134 valence electrons. The average molecular weight is 405 g/mol. The molecule has 0 aliphatic heterocycles. The van der Waals surface area contributed by atoms with Crippen molar-refractivity contribution in [1.82, 2.24) is 5.43 Å². The number of carbonyl (C=O) groups is 1. The second-order valence-electron chi connectivity index (χ2n) is 9.31. The fraction of sp³-hybridized carbons (Fsp3) is 0.600. The van der Waals surface area contributed by atoms with E-state index in [4.69, 9.17) is 0 Å². The SMILES string of the molecule is C[C@]12CC3CC(C(=O)N/N=C\c4cc(Br)ccc4O)(C1)C[C@](C)(C3)C2. The molecule has 4 aliphatic rings. The van der Waals surface area contributed by atoms with E-state index in [0.29, 0.717) is 22.3 Å². The molecule has 4 nitrogen and oxygen atoms in total. The summed E-state index contributed by atoms with van der Waals surface area (Å²) in [7, 11) is 0. The molecule has 25 heavy (non-hydrogen) atoms. The Hall–Kier alpha value is -1.36. The maximum absolute atomic E-state index is 13.0. The third-order valence-corrected chi connectivity index (χ3v) is 6.96. The molecule has 1 aromatic carbocycles. The third kappa shape index (κ3) is 3.01. The summed E-state index contributed by atoms with van der Waals surface area (Å²) in [6, 6.07) is 5.15. The van der Waals surface area contributed by atoms with Crippen molar-refractivity contribution >= 4 is 28.1 Å². The van der Waals surface area contributed by atoms with Crippen LogP contribution in [-0.2, 0) is 4.79 Å². The standard InChI is InChI=1S/C20H25BrN2O2/c1-18-6-13-7-19(2,10-18)12-20(8-13,11-18)17(25)23-22-9-14-5-15(21)3-4-16(14)24/h3-5,9,13,24H,6-8,10-12H2,1-2H3,(H,23,25)/b22-9-/t13?,18-,19-,20?/m1/s1. The summed E-state index contributed by atoms with van der Waals surface area (Å²) in [5, 5.41) is 14.0. The Morgan fingerprint density at radius 3 is 2.56 bits per heavy atom. The van der Waals surface area contributed by atoms with Gasteiger partial charge in [-0.2, -0.15) is 5.10 Å². The average Bonchev–Trinajstić information content (AvgIpc) is 2.47. The fourth-order valence-electron chi connectivity index (χ4n) is 6.61. The summed E-state index contributed by atoms with van der Waals surface area (Å²) < 4.78 is 0.861. The van der Waals surface area contributed by atoms with Crippen LogP contribution in [0.4, 0.5) is 0 Å². The number of phenolic OH excluding ortho intramolecular Hbond substituents is 1. The van der Waals surface area contributed by atoms with Gasteiger partial charge in [0.05, 0.1) is 11.6 Å². The van der Waals surface area contributed by atoms with Crippen LogP contribution in [0.5, 0.6) is 5.75 Å². The molecule has 0 saturated heterocycles. The smallest absolute Gasteiger partial charge is 0.246 e. The van der Waals surface area contributed by atoms with E-state index in [0.717, 1.165) is 23.7 Å². The maximum atomic E-state index is 13.0. The molecule has 1 aromatic rings. The number of aromatic hydroxyl groups is 1. The quantitative estimate of drug-likeness (QED) is 0.570. The Morgan fingerprint density at radius 1 is 1.24 bits per heavy atom. The van der Waals surface area contributed by atoms with Crippen molar-refractivity contribution in [2.24, 2.45) is 27.3 Å². The summed E-state index contributed by atoms with van der Waals surface area (Å²) in [6.07, 6.45) is 8.27. The lowest BCUT2D eigenvalue weighted by atomic mass is 9.40. The van der Waals surface area contributed by atoms with E-state index in [1.54, 1.807) is 18.2 Å². The van der Waals surface area contributed by atoms with Crippen LogP contribution < -0.4 is 5.43 Å². The first kappa shape index (κ1) is 17.1. The molecular formula is C20H25BrN2O2. The summed E-state index contributed by atoms with van der Waals surface area (Å²) in [4.78, 5) is 13.0. The molecule has 4 aliphatic carbocycles. The Morgan fingerprint density at radius 2 is 1.92 bits per heavy atom. The van der Waals surface area contributed by atoms with Crippen molar-refractivity contribution in [3.05, 3.63) is 28.2 Å². The highest BCUT2D eigenvalue weighted by Gasteiger charge is 2.62. The zero-order valence-electron chi connectivity index (χ0n) is 14.8. The van der Waals surface area contributed by atoms with Crippen LogP contribution in [0.15, 0.2) is 27.8 Å². The first-order chi connectivity index (χ1) is 11.7. The molecule has 0 aromatic heterocycles. The summed E-state index contributed by atoms with van der Waals surface area (Å²) in [5.41, 5.74) is 3.70. The fourth-order valence-corrected chi connectivity index (χ4v) is 6.99. The van der Waals surface area contributed by atoms with E-state index in [-0.39, 0.29) is 17.1 Å². The number of carbonyl (C=O) groups excluding carboxylic acids is 1. The van der Waals surface area contributed by atoms with E-state index < -0.39 is 0 Å². The number of benzene rings is 1. The maximum Gasteiger partial charge on any atom is 0.246 e. The van der Waals surface area contributed by atoms with Gasteiger partial charge < -0.3 is 5.11 Å². The Labute approximate surface area is 157 Å². The van der Waals surface area contributed by atoms with Crippen molar-refractivity contribution < 1.29 is 9.90 Å². The normalized spacial score (nSPS) is 39.1. The highest BCUT2D eigenvalue weighted by Crippen LogP contribution is 2.69. The van der Waals surface area contributed by atoms with Crippen LogP contribution in [0.1, 0.15) is 57.9 Å². The van der Waals surface area contributed by atoms with Gasteiger partial charge in [0.1, 0.15) is 5.75 Å². The van der Waals surface area contributed by atoms with Gasteiger partial charge in [-0.3, -0.25) is 4.79 Å². The van der Waals surface area contributed by atoms with Gasteiger partial charge in [-0.25, -0.2) is 5.43 Å². The van der Waals surface area contributed by atoms with Crippen LogP contribution in [0.3, 0.4) is 0 Å². The molecule has 2 atom stereocenters. The van der Waals surface area contributed by atoms with Crippen LogP contribution in [-0.4, -0.2) is 17.2 Å². The summed E-state index contributed by atoms with van der Waals surface area (Å²) >= 11 is 3.38. The number of amides is 1. The first-order valence-corrected chi connectivity index (χ1v) is 9.82. The van der Waals surface area contributed by atoms with E-state index in [2.05, 4.69) is 40.3 Å². The number of phenols is 1. The highest BCUT2D eigenvalue weighted by molar-refractivity contribution is 9.10. The first-order valence-electron chi connectivity index (χ1n) is 9.03. The zero-order valence-corrected chi connectivity index (χ0v) is 16.4. The molecule has 0 heterocycles. The van der Waals surface area contributed by atoms with Crippen LogP contribution >= 0.6 is 15.9 Å². The van der Waals surface area contributed by atoms with Gasteiger partial charge in [0.2, 0.25) is 5.91 Å². The van der Waals surface area contributed by atoms with Crippen molar-refractivity contribution in [3.63, 3.8) is 0 Å². The molecule has 2 N–H and O–H groups in total. The van der Waals surface area contributed by atoms with E-state index in [1.165, 1.54) is 25.5 Å². The van der Waals surface area contributed by atoms with Crippen LogP contribution in [0.25, 0.3) is 0 Å². The second kappa shape index (κ2) is 5.57. The number of hydrazone groups is 1. The van der Waals surface area contributed by atoms with Gasteiger partial charge >= 0.3 is 0 Å². The zero-order chi connectivity index (χ0) is 17.9. The Balaban J connectivity index is 1.51. The number of hydrogen-bond donors (Lipinski definition) is 2. The molecule has 4 saturated carbocycles. The number of nitrogens with zero attached hydrogens (tertiary/aromatic N) is 1. The third-order valence-electron chi connectivity index (χ3n) is 6.47. The Kier molecular flexibility index (Phi) is 3.80. The summed E-state index contributed by atoms with van der Waals surface area (Å²) in [5.74, 6) is 0.880.